The van der Waals surface area contributed by atoms with Crippen LogP contribution in [0.4, 0.5) is 0 Å². The standard InChI is InChI=1S/C14H14N2O2/c17-14(18)7-10-1-3-11(4-2-10)13-8-15-9-16(13)12-5-6-12/h1-4,8-9,12H,5-7H2,(H,17,18). The van der Waals surface area contributed by atoms with Gasteiger partial charge in [-0.05, 0) is 24.0 Å². The minimum atomic E-state index is -0.800. The normalized spacial score (nSPS) is 14.7. The summed E-state index contributed by atoms with van der Waals surface area (Å²) >= 11 is 0. The molecule has 4 heteroatoms. The summed E-state index contributed by atoms with van der Waals surface area (Å²) in [7, 11) is 0. The van der Waals surface area contributed by atoms with Gasteiger partial charge < -0.3 is 9.67 Å². The Balaban J connectivity index is 1.87. The molecule has 0 saturated heterocycles. The number of carbonyl (C=O) groups is 1. The molecule has 1 fully saturated rings. The summed E-state index contributed by atoms with van der Waals surface area (Å²) < 4.78 is 2.20. The highest BCUT2D eigenvalue weighted by molar-refractivity contribution is 5.70. The lowest BCUT2D eigenvalue weighted by molar-refractivity contribution is -0.136. The predicted molar refractivity (Wildman–Crippen MR) is 67.3 cm³/mol. The number of aliphatic carboxylic acids is 1. The number of rotatable bonds is 4. The molecule has 4 nitrogen and oxygen atoms in total. The number of benzene rings is 1. The topological polar surface area (TPSA) is 55.1 Å². The zero-order valence-corrected chi connectivity index (χ0v) is 9.91. The molecule has 1 heterocycles. The van der Waals surface area contributed by atoms with Gasteiger partial charge in [0, 0.05) is 6.04 Å². The Morgan fingerprint density at radius 1 is 1.33 bits per heavy atom. The lowest BCUT2D eigenvalue weighted by Crippen LogP contribution is -2.00. The van der Waals surface area contributed by atoms with E-state index in [1.807, 2.05) is 36.8 Å². The third kappa shape index (κ3) is 2.14. The van der Waals surface area contributed by atoms with Crippen molar-refractivity contribution in [3.05, 3.63) is 42.4 Å². The number of carboxylic acid groups (broad SMARTS) is 1. The Bertz CT molecular complexity index is 568. The van der Waals surface area contributed by atoms with Gasteiger partial charge in [0.2, 0.25) is 0 Å². The number of aromatic nitrogens is 2. The Kier molecular flexibility index (Phi) is 2.63. The quantitative estimate of drug-likeness (QED) is 0.896. The van der Waals surface area contributed by atoms with Crippen LogP contribution in [0.3, 0.4) is 0 Å². The summed E-state index contributed by atoms with van der Waals surface area (Å²) in [6, 6.07) is 8.27. The highest BCUT2D eigenvalue weighted by Crippen LogP contribution is 2.38. The van der Waals surface area contributed by atoms with Crippen molar-refractivity contribution in [2.75, 3.05) is 0 Å². The van der Waals surface area contributed by atoms with E-state index in [-0.39, 0.29) is 6.42 Å². The molecule has 0 unspecified atom stereocenters. The molecule has 18 heavy (non-hydrogen) atoms. The molecule has 2 aromatic rings. The van der Waals surface area contributed by atoms with E-state index in [0.29, 0.717) is 6.04 Å². The van der Waals surface area contributed by atoms with Crippen molar-refractivity contribution in [2.45, 2.75) is 25.3 Å². The Morgan fingerprint density at radius 2 is 2.06 bits per heavy atom. The second-order valence-corrected chi connectivity index (χ2v) is 4.68. The monoisotopic (exact) mass is 242 g/mol. The lowest BCUT2D eigenvalue weighted by atomic mass is 10.1. The summed E-state index contributed by atoms with van der Waals surface area (Å²) in [5.41, 5.74) is 3.02. The van der Waals surface area contributed by atoms with Crippen LogP contribution in [-0.2, 0) is 11.2 Å². The number of hydrogen-bond acceptors (Lipinski definition) is 2. The molecule has 0 radical (unpaired) electrons. The predicted octanol–water partition coefficient (Wildman–Crippen LogP) is 2.51. The second-order valence-electron chi connectivity index (χ2n) is 4.68. The number of carboxylic acids is 1. The minimum Gasteiger partial charge on any atom is -0.481 e. The number of nitrogens with zero attached hydrogens (tertiary/aromatic N) is 2. The van der Waals surface area contributed by atoms with Crippen LogP contribution in [0.15, 0.2) is 36.8 Å². The largest absolute Gasteiger partial charge is 0.481 e. The van der Waals surface area contributed by atoms with E-state index in [4.69, 9.17) is 5.11 Å². The lowest BCUT2D eigenvalue weighted by Gasteiger charge is -2.07. The van der Waals surface area contributed by atoms with Crippen LogP contribution in [-0.4, -0.2) is 20.6 Å². The molecule has 1 saturated carbocycles. The molecule has 0 amide bonds. The SMILES string of the molecule is O=C(O)Cc1ccc(-c2cncn2C2CC2)cc1. The first kappa shape index (κ1) is 11.0. The van der Waals surface area contributed by atoms with Gasteiger partial charge in [0.05, 0.1) is 24.6 Å². The molecular formula is C14H14N2O2. The van der Waals surface area contributed by atoms with Crippen LogP contribution in [0.2, 0.25) is 0 Å². The van der Waals surface area contributed by atoms with Crippen molar-refractivity contribution in [2.24, 2.45) is 0 Å². The highest BCUT2D eigenvalue weighted by atomic mass is 16.4. The Morgan fingerprint density at radius 3 is 2.67 bits per heavy atom. The van der Waals surface area contributed by atoms with Crippen LogP contribution in [0, 0.1) is 0 Å². The second kappa shape index (κ2) is 4.29. The van der Waals surface area contributed by atoms with Gasteiger partial charge in [-0.3, -0.25) is 4.79 Å². The fourth-order valence-electron chi connectivity index (χ4n) is 2.14. The van der Waals surface area contributed by atoms with Gasteiger partial charge in [-0.25, -0.2) is 4.98 Å². The third-order valence-electron chi connectivity index (χ3n) is 3.21. The maximum Gasteiger partial charge on any atom is 0.307 e. The third-order valence-corrected chi connectivity index (χ3v) is 3.21. The molecule has 3 rings (SSSR count). The summed E-state index contributed by atoms with van der Waals surface area (Å²) in [6.07, 6.45) is 6.26. The fraction of sp³-hybridized carbons (Fsp3) is 0.286. The van der Waals surface area contributed by atoms with Crippen molar-refractivity contribution < 1.29 is 9.90 Å². The van der Waals surface area contributed by atoms with Gasteiger partial charge in [0.1, 0.15) is 0 Å². The van der Waals surface area contributed by atoms with Crippen LogP contribution >= 0.6 is 0 Å². The average Bonchev–Trinajstić information content (AvgIpc) is 3.08. The molecule has 1 aromatic carbocycles. The van der Waals surface area contributed by atoms with E-state index < -0.39 is 5.97 Å². The van der Waals surface area contributed by atoms with E-state index in [1.54, 1.807) is 0 Å². The van der Waals surface area contributed by atoms with Gasteiger partial charge in [-0.2, -0.15) is 0 Å². The van der Waals surface area contributed by atoms with E-state index in [1.165, 1.54) is 12.8 Å². The maximum absolute atomic E-state index is 10.6. The van der Waals surface area contributed by atoms with Crippen LogP contribution in [0.1, 0.15) is 24.4 Å². The summed E-state index contributed by atoms with van der Waals surface area (Å²) in [4.78, 5) is 14.8. The van der Waals surface area contributed by atoms with E-state index in [9.17, 15) is 4.79 Å². The van der Waals surface area contributed by atoms with Crippen LogP contribution in [0.5, 0.6) is 0 Å². The molecule has 1 aliphatic carbocycles. The number of hydrogen-bond donors (Lipinski definition) is 1. The molecule has 0 aliphatic heterocycles. The highest BCUT2D eigenvalue weighted by Gasteiger charge is 2.25. The average molecular weight is 242 g/mol. The minimum absolute atomic E-state index is 0.0716. The zero-order chi connectivity index (χ0) is 12.5. The molecular weight excluding hydrogens is 228 g/mol. The molecule has 0 spiro atoms. The van der Waals surface area contributed by atoms with Crippen molar-refractivity contribution in [1.82, 2.24) is 9.55 Å². The van der Waals surface area contributed by atoms with Gasteiger partial charge >= 0.3 is 5.97 Å². The van der Waals surface area contributed by atoms with Crippen LogP contribution in [0.25, 0.3) is 11.3 Å². The molecule has 1 N–H and O–H groups in total. The Labute approximate surface area is 105 Å². The smallest absolute Gasteiger partial charge is 0.307 e. The van der Waals surface area contributed by atoms with Crippen molar-refractivity contribution in [3.63, 3.8) is 0 Å². The van der Waals surface area contributed by atoms with Crippen molar-refractivity contribution in [1.29, 1.82) is 0 Å². The van der Waals surface area contributed by atoms with Crippen LogP contribution < -0.4 is 0 Å². The van der Waals surface area contributed by atoms with E-state index >= 15 is 0 Å². The first-order valence-electron chi connectivity index (χ1n) is 6.07. The molecule has 1 aliphatic rings. The van der Waals surface area contributed by atoms with Gasteiger partial charge in [-0.1, -0.05) is 24.3 Å². The number of imidazole rings is 1. The van der Waals surface area contributed by atoms with E-state index in [2.05, 4.69) is 9.55 Å². The molecule has 92 valence electrons. The molecule has 1 aromatic heterocycles. The summed E-state index contributed by atoms with van der Waals surface area (Å²) in [5, 5.41) is 8.73. The zero-order valence-electron chi connectivity index (χ0n) is 9.91. The molecule has 0 atom stereocenters. The first-order valence-corrected chi connectivity index (χ1v) is 6.07. The van der Waals surface area contributed by atoms with E-state index in [0.717, 1.165) is 16.8 Å². The van der Waals surface area contributed by atoms with Gasteiger partial charge in [0.25, 0.3) is 0 Å². The first-order chi connectivity index (χ1) is 8.74. The van der Waals surface area contributed by atoms with Gasteiger partial charge in [0.15, 0.2) is 0 Å². The fourth-order valence-corrected chi connectivity index (χ4v) is 2.14. The summed E-state index contributed by atoms with van der Waals surface area (Å²) in [6.45, 7) is 0. The Hall–Kier alpha value is -2.10. The van der Waals surface area contributed by atoms with Crippen molar-refractivity contribution in [3.8, 4) is 11.3 Å². The summed E-state index contributed by atoms with van der Waals surface area (Å²) in [5.74, 6) is -0.800. The maximum atomic E-state index is 10.6. The molecule has 0 bridgehead atoms. The van der Waals surface area contributed by atoms with Gasteiger partial charge in [-0.15, -0.1) is 0 Å². The van der Waals surface area contributed by atoms with Crippen molar-refractivity contribution >= 4 is 5.97 Å².